The van der Waals surface area contributed by atoms with Gasteiger partial charge in [-0.25, -0.2) is 4.79 Å². The van der Waals surface area contributed by atoms with Crippen LogP contribution in [0, 0.1) is 0 Å². The van der Waals surface area contributed by atoms with E-state index in [4.69, 9.17) is 9.90 Å². The van der Waals surface area contributed by atoms with Crippen LogP contribution in [0.4, 0.5) is 10.5 Å². The number of nitrogens with zero attached hydrogens (tertiary/aromatic N) is 1. The summed E-state index contributed by atoms with van der Waals surface area (Å²) in [5.74, 6) is 0. The number of benzene rings is 2. The smallest absolute Gasteiger partial charge is 0.319 e. The Morgan fingerprint density at radius 1 is 0.889 bits per heavy atom. The summed E-state index contributed by atoms with van der Waals surface area (Å²) in [6.45, 7) is 2.50. The Kier molecular flexibility index (Phi) is 10.2. The fourth-order valence-electron chi connectivity index (χ4n) is 2.24. The summed E-state index contributed by atoms with van der Waals surface area (Å²) in [5, 5.41) is 12.7. The fraction of sp³-hybridized carbons (Fsp3) is 0.0952. The lowest BCUT2D eigenvalue weighted by Crippen LogP contribution is -2.28. The summed E-state index contributed by atoms with van der Waals surface area (Å²) in [7, 11) is 1.00. The zero-order valence-corrected chi connectivity index (χ0v) is 15.1. The van der Waals surface area contributed by atoms with E-state index in [1.165, 1.54) is 0 Å². The number of hydrogen-bond acceptors (Lipinski definition) is 4. The van der Waals surface area contributed by atoms with Crippen molar-refractivity contribution < 1.29 is 14.7 Å². The zero-order valence-electron chi connectivity index (χ0n) is 15.1. The summed E-state index contributed by atoms with van der Waals surface area (Å²) in [5.41, 5.74) is 4.01. The van der Waals surface area contributed by atoms with Crippen molar-refractivity contribution in [2.24, 2.45) is 0 Å². The van der Waals surface area contributed by atoms with Gasteiger partial charge in [-0.2, -0.15) is 0 Å². The van der Waals surface area contributed by atoms with E-state index in [1.54, 1.807) is 12.4 Å². The Morgan fingerprint density at radius 2 is 1.44 bits per heavy atom. The van der Waals surface area contributed by atoms with E-state index >= 15 is 0 Å². The Bertz CT molecular complexity index is 779. The molecule has 0 aliphatic rings. The number of nitrogens with one attached hydrogen (secondary N) is 2. The number of rotatable bonds is 4. The molecule has 27 heavy (non-hydrogen) atoms. The van der Waals surface area contributed by atoms with Crippen LogP contribution in [-0.4, -0.2) is 30.0 Å². The average Bonchev–Trinajstić information content (AvgIpc) is 2.77. The molecule has 0 spiro atoms. The molecule has 0 aliphatic heterocycles. The molecule has 0 radical (unpaired) electrons. The van der Waals surface area contributed by atoms with Gasteiger partial charge in [0.05, 0.1) is 0 Å². The summed E-state index contributed by atoms with van der Waals surface area (Å²) < 4.78 is 0. The number of aliphatic hydroxyl groups excluding tert-OH is 1. The number of hydrogen-bond donors (Lipinski definition) is 3. The average molecular weight is 365 g/mol. The number of urea groups is 1. The number of carbonyl (C=O) groups excluding carboxylic acids is 2. The SMILES string of the molecule is C=O.CO.O=C(NCc1ccccc1)Nc1ccc(-c2ccncc2)cc1. The Morgan fingerprint density at radius 3 is 2.04 bits per heavy atom. The highest BCUT2D eigenvalue weighted by Crippen LogP contribution is 2.20. The number of anilines is 1. The van der Waals surface area contributed by atoms with Gasteiger partial charge in [-0.15, -0.1) is 0 Å². The van der Waals surface area contributed by atoms with E-state index < -0.39 is 0 Å². The van der Waals surface area contributed by atoms with Crippen molar-refractivity contribution in [2.75, 3.05) is 12.4 Å². The molecule has 0 unspecified atom stereocenters. The summed E-state index contributed by atoms with van der Waals surface area (Å²) in [6.07, 6.45) is 3.52. The van der Waals surface area contributed by atoms with Crippen molar-refractivity contribution in [3.8, 4) is 11.1 Å². The Hall–Kier alpha value is -3.51. The molecule has 1 aromatic heterocycles. The predicted molar refractivity (Wildman–Crippen MR) is 107 cm³/mol. The largest absolute Gasteiger partial charge is 0.400 e. The monoisotopic (exact) mass is 365 g/mol. The first-order valence-electron chi connectivity index (χ1n) is 8.14. The second-order valence-electron chi connectivity index (χ2n) is 5.11. The van der Waals surface area contributed by atoms with Crippen molar-refractivity contribution >= 4 is 18.5 Å². The van der Waals surface area contributed by atoms with Gasteiger partial charge in [-0.3, -0.25) is 4.98 Å². The minimum absolute atomic E-state index is 0.217. The zero-order chi connectivity index (χ0) is 19.9. The molecule has 0 fully saturated rings. The molecule has 2 aromatic carbocycles. The molecule has 0 aliphatic carbocycles. The lowest BCUT2D eigenvalue weighted by atomic mass is 10.1. The molecule has 6 nitrogen and oxygen atoms in total. The van der Waals surface area contributed by atoms with Gasteiger partial charge in [-0.05, 0) is 41.0 Å². The predicted octanol–water partition coefficient (Wildman–Crippen LogP) is 3.49. The topological polar surface area (TPSA) is 91.3 Å². The van der Waals surface area contributed by atoms with Crippen molar-refractivity contribution in [1.29, 1.82) is 0 Å². The Labute approximate surface area is 158 Å². The van der Waals surface area contributed by atoms with Crippen LogP contribution in [0.2, 0.25) is 0 Å². The van der Waals surface area contributed by atoms with Crippen LogP contribution in [0.3, 0.4) is 0 Å². The minimum Gasteiger partial charge on any atom is -0.400 e. The first-order valence-corrected chi connectivity index (χ1v) is 8.14. The molecule has 3 rings (SSSR count). The molecular weight excluding hydrogens is 342 g/mol. The fourth-order valence-corrected chi connectivity index (χ4v) is 2.24. The Balaban J connectivity index is 0.000000855. The molecule has 0 saturated carbocycles. The lowest BCUT2D eigenvalue weighted by Gasteiger charge is -2.08. The van der Waals surface area contributed by atoms with E-state index in [0.717, 1.165) is 29.5 Å². The van der Waals surface area contributed by atoms with Crippen LogP contribution in [-0.2, 0) is 11.3 Å². The summed E-state index contributed by atoms with van der Waals surface area (Å²) in [6, 6.07) is 21.2. The van der Waals surface area contributed by atoms with Gasteiger partial charge in [0, 0.05) is 31.7 Å². The minimum atomic E-state index is -0.217. The third-order valence-electron chi connectivity index (χ3n) is 3.45. The van der Waals surface area contributed by atoms with E-state index in [0.29, 0.717) is 6.54 Å². The molecule has 0 saturated heterocycles. The van der Waals surface area contributed by atoms with Gasteiger partial charge < -0.3 is 20.5 Å². The molecule has 1 heterocycles. The molecule has 3 aromatic rings. The van der Waals surface area contributed by atoms with Crippen LogP contribution in [0.15, 0.2) is 79.1 Å². The highest BCUT2D eigenvalue weighted by atomic mass is 16.2. The normalized spacial score (nSPS) is 8.96. The standard InChI is InChI=1S/C19H17N3O.CH4O.CH2O/c23-19(21-14-15-4-2-1-3-5-15)22-18-8-6-16(7-9-18)17-10-12-20-13-11-17;2*1-2/h1-13H,14H2,(H2,21,22,23);2H,1H3;1H2. The third kappa shape index (κ3) is 7.50. The second-order valence-corrected chi connectivity index (χ2v) is 5.11. The highest BCUT2D eigenvalue weighted by molar-refractivity contribution is 5.89. The van der Waals surface area contributed by atoms with Gasteiger partial charge >= 0.3 is 6.03 Å². The molecule has 0 atom stereocenters. The summed E-state index contributed by atoms with van der Waals surface area (Å²) >= 11 is 0. The van der Waals surface area contributed by atoms with E-state index in [-0.39, 0.29) is 6.03 Å². The van der Waals surface area contributed by atoms with E-state index in [2.05, 4.69) is 15.6 Å². The van der Waals surface area contributed by atoms with Gasteiger partial charge in [0.2, 0.25) is 0 Å². The maximum absolute atomic E-state index is 11.9. The molecular formula is C21H23N3O3. The maximum atomic E-state index is 11.9. The molecule has 6 heteroatoms. The van der Waals surface area contributed by atoms with Crippen LogP contribution < -0.4 is 10.6 Å². The quantitative estimate of drug-likeness (QED) is 0.660. The molecule has 140 valence electrons. The van der Waals surface area contributed by atoms with Crippen molar-refractivity contribution in [3.63, 3.8) is 0 Å². The molecule has 3 N–H and O–H groups in total. The first-order chi connectivity index (χ1) is 13.3. The van der Waals surface area contributed by atoms with Gasteiger partial charge in [0.25, 0.3) is 0 Å². The number of carbonyl (C=O) groups is 2. The van der Waals surface area contributed by atoms with Gasteiger partial charge in [-0.1, -0.05) is 42.5 Å². The van der Waals surface area contributed by atoms with Crippen LogP contribution in [0.1, 0.15) is 5.56 Å². The second kappa shape index (κ2) is 12.8. The van der Waals surface area contributed by atoms with Crippen LogP contribution >= 0.6 is 0 Å². The van der Waals surface area contributed by atoms with E-state index in [9.17, 15) is 4.79 Å². The van der Waals surface area contributed by atoms with Gasteiger partial charge in [0.15, 0.2) is 0 Å². The number of amides is 2. The van der Waals surface area contributed by atoms with Crippen molar-refractivity contribution in [1.82, 2.24) is 10.3 Å². The number of aromatic nitrogens is 1. The summed E-state index contributed by atoms with van der Waals surface area (Å²) in [4.78, 5) is 23.9. The maximum Gasteiger partial charge on any atom is 0.319 e. The van der Waals surface area contributed by atoms with Crippen LogP contribution in [0.25, 0.3) is 11.1 Å². The number of aliphatic hydroxyl groups is 1. The lowest BCUT2D eigenvalue weighted by molar-refractivity contribution is -0.0979. The van der Waals surface area contributed by atoms with E-state index in [1.807, 2.05) is 73.5 Å². The van der Waals surface area contributed by atoms with Crippen LogP contribution in [0.5, 0.6) is 0 Å². The molecule has 0 bridgehead atoms. The van der Waals surface area contributed by atoms with Crippen molar-refractivity contribution in [3.05, 3.63) is 84.7 Å². The number of pyridine rings is 1. The highest BCUT2D eigenvalue weighted by Gasteiger charge is 2.02. The van der Waals surface area contributed by atoms with Crippen molar-refractivity contribution in [2.45, 2.75) is 6.54 Å². The third-order valence-corrected chi connectivity index (χ3v) is 3.45. The first kappa shape index (κ1) is 21.5. The van der Waals surface area contributed by atoms with Gasteiger partial charge in [0.1, 0.15) is 6.79 Å². The molecule has 2 amide bonds.